The van der Waals surface area contributed by atoms with Crippen molar-refractivity contribution >= 4 is 5.91 Å². The van der Waals surface area contributed by atoms with E-state index in [1.54, 1.807) is 30.0 Å². The van der Waals surface area contributed by atoms with Crippen LogP contribution in [0.5, 0.6) is 5.75 Å². The number of nitrogens with zero attached hydrogens (tertiary/aromatic N) is 1. The Kier molecular flexibility index (Phi) is 3.87. The lowest BCUT2D eigenvalue weighted by Crippen LogP contribution is -2.40. The van der Waals surface area contributed by atoms with Gasteiger partial charge in [-0.2, -0.15) is 0 Å². The van der Waals surface area contributed by atoms with Gasteiger partial charge in [0.25, 0.3) is 5.91 Å². The zero-order valence-electron chi connectivity index (χ0n) is 10.6. The van der Waals surface area contributed by atoms with Crippen molar-refractivity contribution in [1.82, 2.24) is 4.90 Å². The molecule has 4 heteroatoms. The highest BCUT2D eigenvalue weighted by molar-refractivity contribution is 5.94. The van der Waals surface area contributed by atoms with Gasteiger partial charge in [-0.05, 0) is 49.4 Å². The van der Waals surface area contributed by atoms with E-state index in [-0.39, 0.29) is 24.2 Å². The summed E-state index contributed by atoms with van der Waals surface area (Å²) >= 11 is 0. The van der Waals surface area contributed by atoms with Crippen molar-refractivity contribution in [3.8, 4) is 5.75 Å². The van der Waals surface area contributed by atoms with Gasteiger partial charge in [-0.1, -0.05) is 0 Å². The number of aromatic hydroxyl groups is 1. The molecule has 4 nitrogen and oxygen atoms in total. The number of aliphatic hydroxyl groups excluding tert-OH is 1. The molecule has 2 rings (SSSR count). The topological polar surface area (TPSA) is 60.8 Å². The maximum atomic E-state index is 12.3. The number of hydrogen-bond donors (Lipinski definition) is 2. The molecule has 1 heterocycles. The molecule has 0 aromatic heterocycles. The van der Waals surface area contributed by atoms with Crippen molar-refractivity contribution in [1.29, 1.82) is 0 Å². The number of likely N-dealkylation sites (tertiary alicyclic amines) is 1. The van der Waals surface area contributed by atoms with Gasteiger partial charge in [-0.25, -0.2) is 0 Å². The predicted octanol–water partition coefficient (Wildman–Crippen LogP) is 1.55. The maximum absolute atomic E-state index is 12.3. The molecule has 1 unspecified atom stereocenters. The molecule has 1 amide bonds. The lowest BCUT2D eigenvalue weighted by Gasteiger charge is -2.32. The van der Waals surface area contributed by atoms with Crippen LogP contribution in [0.15, 0.2) is 18.2 Å². The van der Waals surface area contributed by atoms with Gasteiger partial charge < -0.3 is 15.1 Å². The highest BCUT2D eigenvalue weighted by Gasteiger charge is 2.24. The van der Waals surface area contributed by atoms with Crippen LogP contribution in [-0.2, 0) is 0 Å². The first-order chi connectivity index (χ1) is 8.61. The number of phenols is 1. The minimum Gasteiger partial charge on any atom is -0.508 e. The Hall–Kier alpha value is -1.55. The summed E-state index contributed by atoms with van der Waals surface area (Å²) in [7, 11) is 0. The predicted molar refractivity (Wildman–Crippen MR) is 68.6 cm³/mol. The molecule has 2 N–H and O–H groups in total. The summed E-state index contributed by atoms with van der Waals surface area (Å²) in [6.07, 6.45) is 1.92. The third-order valence-corrected chi connectivity index (χ3v) is 3.51. The standard InChI is InChI=1S/C14H19NO3/c1-10-7-12(4-5-13(10)17)14(18)15-6-2-3-11(8-15)9-16/h4-5,7,11,16-17H,2-3,6,8-9H2,1H3. The normalized spacial score (nSPS) is 19.9. The molecule has 1 atom stereocenters. The summed E-state index contributed by atoms with van der Waals surface area (Å²) in [5.41, 5.74) is 1.31. The molecule has 98 valence electrons. The summed E-state index contributed by atoms with van der Waals surface area (Å²) in [4.78, 5) is 14.1. The number of carbonyl (C=O) groups is 1. The van der Waals surface area contributed by atoms with Crippen molar-refractivity contribution in [3.05, 3.63) is 29.3 Å². The summed E-state index contributed by atoms with van der Waals surface area (Å²) in [6.45, 7) is 3.28. The van der Waals surface area contributed by atoms with Crippen LogP contribution in [0.2, 0.25) is 0 Å². The molecule has 1 fully saturated rings. The number of aryl methyl sites for hydroxylation is 1. The molecule has 1 aromatic rings. The van der Waals surface area contributed by atoms with Crippen LogP contribution in [-0.4, -0.2) is 40.7 Å². The van der Waals surface area contributed by atoms with Gasteiger partial charge in [0, 0.05) is 25.3 Å². The zero-order chi connectivity index (χ0) is 13.1. The van der Waals surface area contributed by atoms with E-state index in [0.717, 1.165) is 19.4 Å². The quantitative estimate of drug-likeness (QED) is 0.836. The van der Waals surface area contributed by atoms with E-state index in [0.29, 0.717) is 17.7 Å². The minimum atomic E-state index is -0.0174. The average Bonchev–Trinajstić information content (AvgIpc) is 2.41. The number of amides is 1. The summed E-state index contributed by atoms with van der Waals surface area (Å²) in [6, 6.07) is 4.91. The highest BCUT2D eigenvalue weighted by Crippen LogP contribution is 2.21. The molecule has 18 heavy (non-hydrogen) atoms. The van der Waals surface area contributed by atoms with Crippen molar-refractivity contribution in [2.24, 2.45) is 5.92 Å². The van der Waals surface area contributed by atoms with E-state index in [1.807, 2.05) is 0 Å². The summed E-state index contributed by atoms with van der Waals surface area (Å²) in [5, 5.41) is 18.6. The maximum Gasteiger partial charge on any atom is 0.253 e. The largest absolute Gasteiger partial charge is 0.508 e. The van der Waals surface area contributed by atoms with Crippen LogP contribution in [0.25, 0.3) is 0 Å². The van der Waals surface area contributed by atoms with Gasteiger partial charge in [-0.15, -0.1) is 0 Å². The first-order valence-corrected chi connectivity index (χ1v) is 6.31. The van der Waals surface area contributed by atoms with Crippen LogP contribution in [0, 0.1) is 12.8 Å². The highest BCUT2D eigenvalue weighted by atomic mass is 16.3. The number of hydrogen-bond acceptors (Lipinski definition) is 3. The molecule has 1 aliphatic rings. The van der Waals surface area contributed by atoms with Crippen LogP contribution in [0.3, 0.4) is 0 Å². The van der Waals surface area contributed by atoms with E-state index < -0.39 is 0 Å². The molecular weight excluding hydrogens is 230 g/mol. The fourth-order valence-electron chi connectivity index (χ4n) is 2.37. The number of piperidine rings is 1. The van der Waals surface area contributed by atoms with E-state index in [2.05, 4.69) is 0 Å². The fourth-order valence-corrected chi connectivity index (χ4v) is 2.37. The lowest BCUT2D eigenvalue weighted by molar-refractivity contribution is 0.0620. The first kappa shape index (κ1) is 12.9. The van der Waals surface area contributed by atoms with E-state index >= 15 is 0 Å². The first-order valence-electron chi connectivity index (χ1n) is 6.31. The van der Waals surface area contributed by atoms with Gasteiger partial charge in [0.2, 0.25) is 0 Å². The molecule has 1 aliphatic heterocycles. The van der Waals surface area contributed by atoms with Gasteiger partial charge in [0.15, 0.2) is 0 Å². The van der Waals surface area contributed by atoms with Crippen molar-refractivity contribution < 1.29 is 15.0 Å². The molecule has 1 saturated heterocycles. The Morgan fingerprint density at radius 1 is 1.50 bits per heavy atom. The monoisotopic (exact) mass is 249 g/mol. The Morgan fingerprint density at radius 3 is 2.94 bits per heavy atom. The number of phenolic OH excluding ortho intramolecular Hbond substituents is 1. The van der Waals surface area contributed by atoms with E-state index in [9.17, 15) is 15.0 Å². The SMILES string of the molecule is Cc1cc(C(=O)N2CCCC(CO)C2)ccc1O. The van der Waals surface area contributed by atoms with Gasteiger partial charge >= 0.3 is 0 Å². The Bertz CT molecular complexity index is 445. The van der Waals surface area contributed by atoms with Crippen molar-refractivity contribution in [2.45, 2.75) is 19.8 Å². The number of aliphatic hydroxyl groups is 1. The summed E-state index contributed by atoms with van der Waals surface area (Å²) in [5.74, 6) is 0.385. The second-order valence-corrected chi connectivity index (χ2v) is 4.94. The van der Waals surface area contributed by atoms with Crippen molar-refractivity contribution in [3.63, 3.8) is 0 Å². The number of carbonyl (C=O) groups excluding carboxylic acids is 1. The van der Waals surface area contributed by atoms with Crippen LogP contribution in [0.1, 0.15) is 28.8 Å². The average molecular weight is 249 g/mol. The van der Waals surface area contributed by atoms with Crippen LogP contribution < -0.4 is 0 Å². The third kappa shape index (κ3) is 2.64. The molecule has 0 spiro atoms. The Morgan fingerprint density at radius 2 is 2.28 bits per heavy atom. The van der Waals surface area contributed by atoms with Gasteiger partial charge in [-0.3, -0.25) is 4.79 Å². The van der Waals surface area contributed by atoms with Crippen LogP contribution >= 0.6 is 0 Å². The lowest BCUT2D eigenvalue weighted by atomic mass is 9.98. The summed E-state index contributed by atoms with van der Waals surface area (Å²) < 4.78 is 0. The second kappa shape index (κ2) is 5.40. The van der Waals surface area contributed by atoms with Crippen LogP contribution in [0.4, 0.5) is 0 Å². The smallest absolute Gasteiger partial charge is 0.253 e. The molecule has 0 saturated carbocycles. The molecule has 0 radical (unpaired) electrons. The third-order valence-electron chi connectivity index (χ3n) is 3.51. The second-order valence-electron chi connectivity index (χ2n) is 4.94. The van der Waals surface area contributed by atoms with E-state index in [4.69, 9.17) is 0 Å². The van der Waals surface area contributed by atoms with Gasteiger partial charge in [0.05, 0.1) is 0 Å². The molecule has 1 aromatic carbocycles. The molecule has 0 bridgehead atoms. The fraction of sp³-hybridized carbons (Fsp3) is 0.500. The molecule has 0 aliphatic carbocycles. The van der Waals surface area contributed by atoms with Gasteiger partial charge in [0.1, 0.15) is 5.75 Å². The zero-order valence-corrected chi connectivity index (χ0v) is 10.6. The number of rotatable bonds is 2. The van der Waals surface area contributed by atoms with Crippen molar-refractivity contribution in [2.75, 3.05) is 19.7 Å². The Labute approximate surface area is 107 Å². The minimum absolute atomic E-state index is 0.0174. The molecular formula is C14H19NO3. The van der Waals surface area contributed by atoms with E-state index in [1.165, 1.54) is 0 Å². The number of benzene rings is 1. The Balaban J connectivity index is 2.12.